The number of hydrogen-bond donors (Lipinski definition) is 0. The van der Waals surface area contributed by atoms with E-state index in [0.29, 0.717) is 0 Å². The number of benzene rings is 1. The summed E-state index contributed by atoms with van der Waals surface area (Å²) in [4.78, 5) is 7.13. The molecule has 0 saturated carbocycles. The number of aromatic nitrogens is 2. The molecule has 0 aliphatic carbocycles. The number of alkyl halides is 3. The highest BCUT2D eigenvalue weighted by atomic mass is 35.5. The highest BCUT2D eigenvalue weighted by Crippen LogP contribution is 2.35. The van der Waals surface area contributed by atoms with Crippen LogP contribution >= 0.6 is 23.2 Å². The van der Waals surface area contributed by atoms with E-state index in [1.54, 1.807) is 0 Å². The van der Waals surface area contributed by atoms with E-state index in [0.717, 1.165) is 6.07 Å². The van der Waals surface area contributed by atoms with Gasteiger partial charge in [-0.3, -0.25) is 0 Å². The number of fused-ring (bicyclic) bond motifs is 1. The lowest BCUT2D eigenvalue weighted by Crippen LogP contribution is -2.07. The number of para-hydroxylation sites is 1. The Morgan fingerprint density at radius 1 is 1.06 bits per heavy atom. The molecule has 2 aromatic rings. The molecule has 1 aromatic carbocycles. The minimum Gasteiger partial charge on any atom is -0.217 e. The molecule has 2 nitrogen and oxygen atoms in total. The van der Waals surface area contributed by atoms with Crippen LogP contribution in [0.15, 0.2) is 18.2 Å². The van der Waals surface area contributed by atoms with Gasteiger partial charge in [-0.05, 0) is 23.7 Å². The van der Waals surface area contributed by atoms with Crippen molar-refractivity contribution >= 4 is 34.1 Å². The molecule has 1 heterocycles. The molecule has 0 radical (unpaired) electrons. The molecule has 0 atom stereocenters. The molecule has 0 amide bonds. The lowest BCUT2D eigenvalue weighted by Gasteiger charge is -2.09. The van der Waals surface area contributed by atoms with Gasteiger partial charge in [-0.25, -0.2) is 9.97 Å². The fraction of sp³-hybridized carbons (Fsp3) is 0.111. The molecule has 0 spiro atoms. The second kappa shape index (κ2) is 3.75. The Balaban J connectivity index is 2.87. The van der Waals surface area contributed by atoms with Crippen molar-refractivity contribution in [2.24, 2.45) is 0 Å². The molecule has 2 rings (SSSR count). The van der Waals surface area contributed by atoms with Crippen LogP contribution in [0.25, 0.3) is 10.9 Å². The average Bonchev–Trinajstić information content (AvgIpc) is 2.15. The van der Waals surface area contributed by atoms with Gasteiger partial charge in [0.2, 0.25) is 5.28 Å². The minimum absolute atomic E-state index is 0.0962. The fourth-order valence-corrected chi connectivity index (χ4v) is 1.76. The third-order valence-electron chi connectivity index (χ3n) is 1.96. The SMILES string of the molecule is FC(F)(F)c1cccc2c(Cl)nc(Cl)nc12. The van der Waals surface area contributed by atoms with Gasteiger partial charge < -0.3 is 0 Å². The first-order valence-electron chi connectivity index (χ1n) is 4.08. The van der Waals surface area contributed by atoms with Crippen LogP contribution in [-0.4, -0.2) is 9.97 Å². The van der Waals surface area contributed by atoms with E-state index in [9.17, 15) is 13.2 Å². The first-order valence-corrected chi connectivity index (χ1v) is 4.84. The van der Waals surface area contributed by atoms with Crippen LogP contribution < -0.4 is 0 Å². The Labute approximate surface area is 98.0 Å². The lowest BCUT2D eigenvalue weighted by molar-refractivity contribution is -0.136. The predicted octanol–water partition coefficient (Wildman–Crippen LogP) is 3.96. The molecule has 0 fully saturated rings. The summed E-state index contributed by atoms with van der Waals surface area (Å²) in [6, 6.07) is 3.57. The summed E-state index contributed by atoms with van der Waals surface area (Å²) in [5.74, 6) is 0. The second-order valence-corrected chi connectivity index (χ2v) is 3.68. The average molecular weight is 267 g/mol. The monoisotopic (exact) mass is 266 g/mol. The van der Waals surface area contributed by atoms with Gasteiger partial charge >= 0.3 is 6.18 Å². The molecule has 0 bridgehead atoms. The maximum atomic E-state index is 12.6. The molecular formula is C9H3Cl2F3N2. The normalized spacial score (nSPS) is 12.1. The molecule has 0 saturated heterocycles. The van der Waals surface area contributed by atoms with Crippen molar-refractivity contribution in [3.8, 4) is 0 Å². The first kappa shape index (κ1) is 11.4. The zero-order valence-electron chi connectivity index (χ0n) is 7.52. The van der Waals surface area contributed by atoms with E-state index >= 15 is 0 Å². The van der Waals surface area contributed by atoms with Crippen LogP contribution in [-0.2, 0) is 6.18 Å². The van der Waals surface area contributed by atoms with Crippen molar-refractivity contribution in [1.82, 2.24) is 9.97 Å². The Bertz CT molecular complexity index is 554. The molecule has 0 N–H and O–H groups in total. The number of halogens is 5. The third-order valence-corrected chi connectivity index (χ3v) is 2.42. The molecular weight excluding hydrogens is 264 g/mol. The van der Waals surface area contributed by atoms with E-state index in [1.165, 1.54) is 12.1 Å². The van der Waals surface area contributed by atoms with E-state index in [1.807, 2.05) is 0 Å². The van der Waals surface area contributed by atoms with Crippen LogP contribution in [0.5, 0.6) is 0 Å². The van der Waals surface area contributed by atoms with Gasteiger partial charge in [-0.2, -0.15) is 13.2 Å². The molecule has 0 aliphatic heterocycles. The van der Waals surface area contributed by atoms with Gasteiger partial charge in [0.05, 0.1) is 11.1 Å². The van der Waals surface area contributed by atoms with Gasteiger partial charge in [0.15, 0.2) is 0 Å². The topological polar surface area (TPSA) is 25.8 Å². The predicted molar refractivity (Wildman–Crippen MR) is 54.6 cm³/mol. The number of rotatable bonds is 0. The van der Waals surface area contributed by atoms with Crippen LogP contribution in [0.2, 0.25) is 10.4 Å². The van der Waals surface area contributed by atoms with Gasteiger partial charge in [-0.1, -0.05) is 17.7 Å². The molecule has 16 heavy (non-hydrogen) atoms. The Hall–Kier alpha value is -1.07. The van der Waals surface area contributed by atoms with Crippen LogP contribution in [0.3, 0.4) is 0 Å². The molecule has 84 valence electrons. The van der Waals surface area contributed by atoms with E-state index < -0.39 is 11.7 Å². The molecule has 1 aromatic heterocycles. The smallest absolute Gasteiger partial charge is 0.217 e. The standard InChI is InChI=1S/C9H3Cl2F3N2/c10-7-4-2-1-3-5(9(12,13)14)6(4)15-8(11)16-7/h1-3H. The van der Waals surface area contributed by atoms with Crippen molar-refractivity contribution in [1.29, 1.82) is 0 Å². The summed E-state index contributed by atoms with van der Waals surface area (Å²) in [5, 5.41) is -0.281. The van der Waals surface area contributed by atoms with E-state index in [-0.39, 0.29) is 21.3 Å². The largest absolute Gasteiger partial charge is 0.418 e. The van der Waals surface area contributed by atoms with Gasteiger partial charge in [-0.15, -0.1) is 0 Å². The maximum Gasteiger partial charge on any atom is 0.418 e. The van der Waals surface area contributed by atoms with Crippen molar-refractivity contribution < 1.29 is 13.2 Å². The maximum absolute atomic E-state index is 12.6. The van der Waals surface area contributed by atoms with E-state index in [2.05, 4.69) is 9.97 Å². The minimum atomic E-state index is -4.50. The van der Waals surface area contributed by atoms with Gasteiger partial charge in [0.25, 0.3) is 0 Å². The third kappa shape index (κ3) is 1.92. The van der Waals surface area contributed by atoms with Crippen LogP contribution in [0, 0.1) is 0 Å². The van der Waals surface area contributed by atoms with Crippen molar-refractivity contribution in [2.75, 3.05) is 0 Å². The summed E-state index contributed by atoms with van der Waals surface area (Å²) < 4.78 is 37.9. The number of nitrogens with zero attached hydrogens (tertiary/aromatic N) is 2. The van der Waals surface area contributed by atoms with Crippen molar-refractivity contribution in [3.05, 3.63) is 34.2 Å². The van der Waals surface area contributed by atoms with Gasteiger partial charge in [0, 0.05) is 5.39 Å². The van der Waals surface area contributed by atoms with Crippen LogP contribution in [0.4, 0.5) is 13.2 Å². The van der Waals surface area contributed by atoms with Crippen molar-refractivity contribution in [2.45, 2.75) is 6.18 Å². The molecule has 7 heteroatoms. The molecule has 0 unspecified atom stereocenters. The zero-order chi connectivity index (χ0) is 11.9. The zero-order valence-corrected chi connectivity index (χ0v) is 9.03. The quantitative estimate of drug-likeness (QED) is 0.533. The van der Waals surface area contributed by atoms with Crippen LogP contribution in [0.1, 0.15) is 5.56 Å². The number of hydrogen-bond acceptors (Lipinski definition) is 2. The summed E-state index contributed by atoms with van der Waals surface area (Å²) in [5.41, 5.74) is -1.17. The van der Waals surface area contributed by atoms with Gasteiger partial charge in [0.1, 0.15) is 5.15 Å². The summed E-state index contributed by atoms with van der Waals surface area (Å²) in [6.07, 6.45) is -4.50. The second-order valence-electron chi connectivity index (χ2n) is 2.98. The van der Waals surface area contributed by atoms with Crippen molar-refractivity contribution in [3.63, 3.8) is 0 Å². The first-order chi connectivity index (χ1) is 7.39. The molecule has 0 aliphatic rings. The van der Waals surface area contributed by atoms with E-state index in [4.69, 9.17) is 23.2 Å². The summed E-state index contributed by atoms with van der Waals surface area (Å²) in [7, 11) is 0. The Kier molecular flexibility index (Phi) is 2.67. The summed E-state index contributed by atoms with van der Waals surface area (Å²) in [6.45, 7) is 0. The Morgan fingerprint density at radius 2 is 1.75 bits per heavy atom. The highest BCUT2D eigenvalue weighted by molar-refractivity contribution is 6.35. The highest BCUT2D eigenvalue weighted by Gasteiger charge is 2.33. The summed E-state index contributed by atoms with van der Waals surface area (Å²) >= 11 is 11.2. The lowest BCUT2D eigenvalue weighted by atomic mass is 10.1. The Morgan fingerprint density at radius 3 is 2.38 bits per heavy atom. The fourth-order valence-electron chi connectivity index (χ4n) is 1.32.